The Morgan fingerprint density at radius 2 is 1.95 bits per heavy atom. The van der Waals surface area contributed by atoms with Gasteiger partial charge in [0.1, 0.15) is 5.69 Å². The number of halogens is 3. The van der Waals surface area contributed by atoms with Gasteiger partial charge in [-0.2, -0.15) is 13.2 Å². The van der Waals surface area contributed by atoms with Gasteiger partial charge in [-0.15, -0.1) is 0 Å². The van der Waals surface area contributed by atoms with E-state index in [1.165, 1.54) is 17.2 Å². The third kappa shape index (κ3) is 3.70. The molecule has 0 unspecified atom stereocenters. The number of carbonyl (C=O) groups excluding carboxylic acids is 1. The summed E-state index contributed by atoms with van der Waals surface area (Å²) in [4.78, 5) is 19.2. The number of hydrogen-bond donors (Lipinski definition) is 1. The minimum atomic E-state index is -4.60. The molecule has 1 amide bonds. The summed E-state index contributed by atoms with van der Waals surface area (Å²) in [5.74, 6) is -0.702. The molecule has 0 saturated carbocycles. The number of hydrogen-bond acceptors (Lipinski definition) is 4. The van der Waals surface area contributed by atoms with Crippen LogP contribution in [-0.2, 0) is 6.18 Å². The molecular weight excluding hydrogens is 287 g/mol. The first-order chi connectivity index (χ1) is 9.93. The maximum Gasteiger partial charge on any atom is 0.418 e. The number of pyridine rings is 1. The number of carbonyl (C=O) groups is 1. The Morgan fingerprint density at radius 1 is 1.29 bits per heavy atom. The molecule has 0 aromatic carbocycles. The topological polar surface area (TPSA) is 56.7 Å². The maximum atomic E-state index is 12.9. The Labute approximate surface area is 120 Å². The summed E-state index contributed by atoms with van der Waals surface area (Å²) in [5, 5.41) is 8.84. The van der Waals surface area contributed by atoms with Crippen LogP contribution in [0, 0.1) is 0 Å². The van der Waals surface area contributed by atoms with E-state index < -0.39 is 23.3 Å². The summed E-state index contributed by atoms with van der Waals surface area (Å²) in [6.07, 6.45) is -3.41. The number of rotatable bonds is 3. The first-order valence-corrected chi connectivity index (χ1v) is 6.58. The van der Waals surface area contributed by atoms with Crippen LogP contribution < -0.4 is 0 Å². The molecule has 1 aromatic heterocycles. The SMILES string of the molecule is O=C(c1ncccc1C(F)(F)F)N1CCN(CCO)CC1. The highest BCUT2D eigenvalue weighted by molar-refractivity contribution is 5.94. The number of aliphatic hydroxyl groups excluding tert-OH is 1. The highest BCUT2D eigenvalue weighted by atomic mass is 19.4. The zero-order chi connectivity index (χ0) is 15.5. The average Bonchev–Trinajstić information content (AvgIpc) is 2.47. The first kappa shape index (κ1) is 15.7. The maximum absolute atomic E-state index is 12.9. The molecule has 2 rings (SSSR count). The molecule has 1 aliphatic rings. The van der Waals surface area contributed by atoms with Crippen molar-refractivity contribution in [2.75, 3.05) is 39.3 Å². The van der Waals surface area contributed by atoms with Gasteiger partial charge in [-0.25, -0.2) is 0 Å². The van der Waals surface area contributed by atoms with Crippen molar-refractivity contribution in [3.63, 3.8) is 0 Å². The van der Waals surface area contributed by atoms with Gasteiger partial charge in [0.05, 0.1) is 12.2 Å². The van der Waals surface area contributed by atoms with E-state index in [4.69, 9.17) is 5.11 Å². The standard InChI is InChI=1S/C13H16F3N3O2/c14-13(15,16)10-2-1-3-17-11(10)12(21)19-6-4-18(5-7-19)8-9-20/h1-3,20H,4-9H2. The molecule has 1 aromatic rings. The van der Waals surface area contributed by atoms with Gasteiger partial charge in [0.25, 0.3) is 5.91 Å². The predicted octanol–water partition coefficient (Wildman–Crippen LogP) is 0.851. The quantitative estimate of drug-likeness (QED) is 0.899. The van der Waals surface area contributed by atoms with Crippen molar-refractivity contribution in [2.24, 2.45) is 0 Å². The largest absolute Gasteiger partial charge is 0.418 e. The van der Waals surface area contributed by atoms with Crippen LogP contribution in [0.15, 0.2) is 18.3 Å². The van der Waals surface area contributed by atoms with Crippen LogP contribution >= 0.6 is 0 Å². The summed E-state index contributed by atoms with van der Waals surface area (Å²) in [6, 6.07) is 2.03. The fraction of sp³-hybridized carbons (Fsp3) is 0.538. The average molecular weight is 303 g/mol. The monoisotopic (exact) mass is 303 g/mol. The molecule has 0 bridgehead atoms. The van der Waals surface area contributed by atoms with E-state index in [9.17, 15) is 18.0 Å². The van der Waals surface area contributed by atoms with Gasteiger partial charge in [0.2, 0.25) is 0 Å². The third-order valence-corrected chi connectivity index (χ3v) is 3.39. The molecule has 8 heteroatoms. The Morgan fingerprint density at radius 3 is 2.52 bits per heavy atom. The molecule has 5 nitrogen and oxygen atoms in total. The normalized spacial score (nSPS) is 17.0. The molecular formula is C13H16F3N3O2. The second kappa shape index (κ2) is 6.40. The summed E-state index contributed by atoms with van der Waals surface area (Å²) in [6.45, 7) is 2.23. The number of aromatic nitrogens is 1. The molecule has 116 valence electrons. The Balaban J connectivity index is 2.12. The van der Waals surface area contributed by atoms with Crippen molar-refractivity contribution < 1.29 is 23.1 Å². The van der Waals surface area contributed by atoms with Crippen LogP contribution in [-0.4, -0.2) is 65.1 Å². The fourth-order valence-corrected chi connectivity index (χ4v) is 2.27. The van der Waals surface area contributed by atoms with E-state index in [-0.39, 0.29) is 6.61 Å². The molecule has 0 atom stereocenters. The van der Waals surface area contributed by atoms with Gasteiger partial charge in [-0.05, 0) is 12.1 Å². The highest BCUT2D eigenvalue weighted by Gasteiger charge is 2.37. The van der Waals surface area contributed by atoms with Crippen molar-refractivity contribution in [1.82, 2.24) is 14.8 Å². The fourth-order valence-electron chi connectivity index (χ4n) is 2.27. The van der Waals surface area contributed by atoms with Gasteiger partial charge < -0.3 is 10.0 Å². The number of piperazine rings is 1. The molecule has 0 radical (unpaired) electrons. The van der Waals surface area contributed by atoms with Crippen LogP contribution in [0.3, 0.4) is 0 Å². The van der Waals surface area contributed by atoms with Crippen molar-refractivity contribution >= 4 is 5.91 Å². The predicted molar refractivity (Wildman–Crippen MR) is 68.7 cm³/mol. The van der Waals surface area contributed by atoms with E-state index in [1.807, 2.05) is 4.90 Å². The number of amides is 1. The Hall–Kier alpha value is -1.67. The molecule has 2 heterocycles. The van der Waals surface area contributed by atoms with Crippen molar-refractivity contribution in [1.29, 1.82) is 0 Å². The highest BCUT2D eigenvalue weighted by Crippen LogP contribution is 2.31. The third-order valence-electron chi connectivity index (χ3n) is 3.39. The smallest absolute Gasteiger partial charge is 0.395 e. The van der Waals surface area contributed by atoms with Crippen molar-refractivity contribution in [3.8, 4) is 0 Å². The lowest BCUT2D eigenvalue weighted by molar-refractivity contribution is -0.138. The minimum Gasteiger partial charge on any atom is -0.395 e. The second-order valence-corrected chi connectivity index (χ2v) is 4.75. The second-order valence-electron chi connectivity index (χ2n) is 4.75. The summed E-state index contributed by atoms with van der Waals surface area (Å²) >= 11 is 0. The van der Waals surface area contributed by atoms with E-state index >= 15 is 0 Å². The zero-order valence-corrected chi connectivity index (χ0v) is 11.3. The summed E-state index contributed by atoms with van der Waals surface area (Å²) in [7, 11) is 0. The van der Waals surface area contributed by atoms with Crippen molar-refractivity contribution in [3.05, 3.63) is 29.6 Å². The summed E-state index contributed by atoms with van der Waals surface area (Å²) in [5.41, 5.74) is -1.56. The van der Waals surface area contributed by atoms with Crippen LogP contribution in [0.1, 0.15) is 16.1 Å². The van der Waals surface area contributed by atoms with Crippen molar-refractivity contribution in [2.45, 2.75) is 6.18 Å². The van der Waals surface area contributed by atoms with E-state index in [0.29, 0.717) is 32.7 Å². The van der Waals surface area contributed by atoms with Crippen LogP contribution in [0.5, 0.6) is 0 Å². The molecule has 1 N–H and O–H groups in total. The van der Waals surface area contributed by atoms with Gasteiger partial charge >= 0.3 is 6.18 Å². The minimum absolute atomic E-state index is 0.0202. The molecule has 0 spiro atoms. The van der Waals surface area contributed by atoms with Gasteiger partial charge in [-0.3, -0.25) is 14.7 Å². The summed E-state index contributed by atoms with van der Waals surface area (Å²) < 4.78 is 38.7. The lowest BCUT2D eigenvalue weighted by Crippen LogP contribution is -2.49. The van der Waals surface area contributed by atoms with Crippen LogP contribution in [0.25, 0.3) is 0 Å². The van der Waals surface area contributed by atoms with Gasteiger partial charge in [-0.1, -0.05) is 0 Å². The van der Waals surface area contributed by atoms with Crippen LogP contribution in [0.2, 0.25) is 0 Å². The molecule has 1 saturated heterocycles. The van der Waals surface area contributed by atoms with Gasteiger partial charge in [0.15, 0.2) is 0 Å². The Bertz CT molecular complexity index is 500. The van der Waals surface area contributed by atoms with E-state index in [2.05, 4.69) is 4.98 Å². The number of β-amino-alcohol motifs (C(OH)–C–C–N with tert-alkyl or cyclic N) is 1. The lowest BCUT2D eigenvalue weighted by atomic mass is 10.1. The molecule has 1 fully saturated rings. The van der Waals surface area contributed by atoms with E-state index in [1.54, 1.807) is 0 Å². The lowest BCUT2D eigenvalue weighted by Gasteiger charge is -2.34. The Kier molecular flexibility index (Phi) is 4.79. The van der Waals surface area contributed by atoms with E-state index in [0.717, 1.165) is 6.07 Å². The number of alkyl halides is 3. The molecule has 1 aliphatic heterocycles. The number of nitrogens with zero attached hydrogens (tertiary/aromatic N) is 3. The zero-order valence-electron chi connectivity index (χ0n) is 11.3. The first-order valence-electron chi connectivity index (χ1n) is 6.58. The molecule has 21 heavy (non-hydrogen) atoms. The number of aliphatic hydroxyl groups is 1. The van der Waals surface area contributed by atoms with Gasteiger partial charge in [0, 0.05) is 38.9 Å². The molecule has 0 aliphatic carbocycles. The van der Waals surface area contributed by atoms with Crippen LogP contribution in [0.4, 0.5) is 13.2 Å².